The summed E-state index contributed by atoms with van der Waals surface area (Å²) in [5.41, 5.74) is 6.02. The number of esters is 1. The Morgan fingerprint density at radius 3 is 1.94 bits per heavy atom. The number of hydrogen-bond acceptors (Lipinski definition) is 17. The predicted octanol–water partition coefficient (Wildman–Crippen LogP) is 0.936. The molecule has 0 aromatic heterocycles. The molecule has 13 N–H and O–H groups in total. The van der Waals surface area contributed by atoms with Crippen LogP contribution < -0.4 is 5.73 Å². The summed E-state index contributed by atoms with van der Waals surface area (Å²) in [6.45, 7) is 6.78. The van der Waals surface area contributed by atoms with Crippen LogP contribution in [0.2, 0.25) is 0 Å². The number of cyclic esters (lactones) is 1. The summed E-state index contributed by atoms with van der Waals surface area (Å²) in [4.78, 5) is 25.1. The molecule has 3 aliphatic rings. The molecule has 0 amide bonds. The van der Waals surface area contributed by atoms with Gasteiger partial charge < -0.3 is 80.9 Å². The number of carboxylic acid groups (broad SMARTS) is 1. The van der Waals surface area contributed by atoms with Crippen LogP contribution >= 0.6 is 0 Å². The van der Waals surface area contributed by atoms with E-state index in [1.165, 1.54) is 13.0 Å². The zero-order valence-corrected chi connectivity index (χ0v) is 37.8. The lowest BCUT2D eigenvalue weighted by Gasteiger charge is -2.45. The molecule has 3 rings (SSSR count). The number of carbonyl (C=O) groups is 2. The summed E-state index contributed by atoms with van der Waals surface area (Å²) in [6.07, 6.45) is 2.28. The number of hydrogen-bond donors (Lipinski definition) is 12. The third-order valence-electron chi connectivity index (χ3n) is 12.2. The summed E-state index contributed by atoms with van der Waals surface area (Å²) in [5, 5.41) is 118. The van der Waals surface area contributed by atoms with Crippen LogP contribution in [0.4, 0.5) is 0 Å². The molecule has 0 spiro atoms. The van der Waals surface area contributed by atoms with Crippen LogP contribution in [0.3, 0.4) is 0 Å². The van der Waals surface area contributed by atoms with Gasteiger partial charge in [-0.2, -0.15) is 0 Å². The van der Waals surface area contributed by atoms with E-state index in [0.717, 1.165) is 12.8 Å². The van der Waals surface area contributed by atoms with Crippen LogP contribution in [0, 0.1) is 17.8 Å². The fraction of sp³-hybridized carbons (Fsp3) is 0.702. The summed E-state index contributed by atoms with van der Waals surface area (Å²) >= 11 is 0. The number of carboxylic acids is 1. The minimum Gasteiger partial charge on any atom is -0.481 e. The third kappa shape index (κ3) is 18.8. The molecule has 18 heteroatoms. The van der Waals surface area contributed by atoms with Crippen molar-refractivity contribution in [3.63, 3.8) is 0 Å². The highest BCUT2D eigenvalue weighted by Gasteiger charge is 2.51. The molecule has 2 saturated heterocycles. The van der Waals surface area contributed by atoms with Crippen molar-refractivity contribution in [2.75, 3.05) is 0 Å². The van der Waals surface area contributed by atoms with E-state index in [4.69, 9.17) is 24.7 Å². The summed E-state index contributed by atoms with van der Waals surface area (Å²) in [6, 6.07) is -1.14. The number of aliphatic hydroxyl groups is 10. The lowest BCUT2D eigenvalue weighted by atomic mass is 9.82. The van der Waals surface area contributed by atoms with Gasteiger partial charge in [-0.3, -0.25) is 9.59 Å². The van der Waals surface area contributed by atoms with Gasteiger partial charge in [0, 0.05) is 31.1 Å². The van der Waals surface area contributed by atoms with Crippen molar-refractivity contribution in [3.05, 3.63) is 72.9 Å². The van der Waals surface area contributed by atoms with Crippen molar-refractivity contribution in [3.8, 4) is 0 Å². The number of ether oxygens (including phenoxy) is 4. The number of aliphatic carboxylic acids is 1. The summed E-state index contributed by atoms with van der Waals surface area (Å²) in [5.74, 6) is -6.82. The summed E-state index contributed by atoms with van der Waals surface area (Å²) in [7, 11) is 0. The molecule has 0 aliphatic carbocycles. The van der Waals surface area contributed by atoms with E-state index in [1.54, 1.807) is 38.2 Å². The number of carbonyl (C=O) groups excluding carboxylic acids is 1. The lowest BCUT2D eigenvalue weighted by molar-refractivity contribution is -0.310. The zero-order valence-electron chi connectivity index (χ0n) is 37.8. The van der Waals surface area contributed by atoms with Crippen molar-refractivity contribution in [2.45, 2.75) is 189 Å². The van der Waals surface area contributed by atoms with Crippen LogP contribution in [0.25, 0.3) is 0 Å². The molecule has 0 aromatic carbocycles. The van der Waals surface area contributed by atoms with Crippen LogP contribution in [-0.2, 0) is 28.5 Å². The quantitative estimate of drug-likeness (QED) is 0.175. The molecular formula is C47H75NO17. The van der Waals surface area contributed by atoms with Crippen LogP contribution in [0.15, 0.2) is 72.9 Å². The van der Waals surface area contributed by atoms with Gasteiger partial charge in [0.25, 0.3) is 0 Å². The van der Waals surface area contributed by atoms with E-state index >= 15 is 0 Å². The van der Waals surface area contributed by atoms with Crippen molar-refractivity contribution in [1.82, 2.24) is 0 Å². The predicted molar refractivity (Wildman–Crippen MR) is 237 cm³/mol. The molecule has 19 atom stereocenters. The Morgan fingerprint density at radius 2 is 1.28 bits per heavy atom. The molecule has 0 radical (unpaired) electrons. The fourth-order valence-corrected chi connectivity index (χ4v) is 8.11. The molecule has 18 nitrogen and oxygen atoms in total. The number of rotatable bonds is 3. The second-order valence-electron chi connectivity index (χ2n) is 17.8. The Labute approximate surface area is 381 Å². The standard InChI is InChI=1S/C47H75NO17/c1-27-17-15-13-11-9-7-5-6-8-10-12-14-16-18-34(64-46-44(58)41(48)43(57)30(4)63-46)24-38-40(45(59)60)37(54)26-47(61,65-38)25-36(53)35(52)20-19-31(49)21-32(50)22-33(51)23-39(55)62-29(3)28(2)42(27)56/h5-6,8,10-18,27-38,40-44,46,49-54,56-58,61H,7,9,19-26,48H2,1-4H3,(H,59,60)/b6-5+,10-8+,13-11+,14-12+,17-15+,18-16+/t27-,28+,29-,30+,31+,32+,33+,34-,35+,36+,37-,38-,40+,41-,42+,43-,44-,46+,47+/m0/s1. The molecule has 3 aliphatic heterocycles. The van der Waals surface area contributed by atoms with E-state index in [2.05, 4.69) is 0 Å². The van der Waals surface area contributed by atoms with Crippen LogP contribution in [0.5, 0.6) is 0 Å². The van der Waals surface area contributed by atoms with E-state index in [0.29, 0.717) is 0 Å². The molecule has 2 bridgehead atoms. The maximum atomic E-state index is 12.6. The van der Waals surface area contributed by atoms with Crippen molar-refractivity contribution < 1.29 is 84.7 Å². The Bertz CT molecular complexity index is 1620. The van der Waals surface area contributed by atoms with Gasteiger partial charge >= 0.3 is 11.9 Å². The van der Waals surface area contributed by atoms with Gasteiger partial charge in [0.05, 0.1) is 79.6 Å². The first-order chi connectivity index (χ1) is 30.6. The lowest BCUT2D eigenvalue weighted by Crippen LogP contribution is -2.61. The van der Waals surface area contributed by atoms with Crippen molar-refractivity contribution in [2.24, 2.45) is 23.5 Å². The molecule has 2 fully saturated rings. The van der Waals surface area contributed by atoms with Gasteiger partial charge in [-0.05, 0) is 52.4 Å². The molecule has 0 saturated carbocycles. The topological polar surface area (TPSA) is 320 Å². The average molecular weight is 926 g/mol. The Kier molecular flexibility index (Phi) is 23.8. The maximum Gasteiger partial charge on any atom is 0.311 e. The number of fused-ring (bicyclic) bond motifs is 2. The molecule has 0 aromatic rings. The van der Waals surface area contributed by atoms with Gasteiger partial charge in [-0.1, -0.05) is 86.8 Å². The first kappa shape index (κ1) is 56.1. The molecular weight excluding hydrogens is 851 g/mol. The number of aliphatic hydroxyl groups excluding tert-OH is 9. The minimum atomic E-state index is -2.35. The van der Waals surface area contributed by atoms with E-state index in [9.17, 15) is 65.8 Å². The second kappa shape index (κ2) is 27.6. The van der Waals surface area contributed by atoms with Gasteiger partial charge in [0.2, 0.25) is 0 Å². The number of allylic oxidation sites excluding steroid dienone is 10. The molecule has 3 heterocycles. The van der Waals surface area contributed by atoms with Gasteiger partial charge in [-0.25, -0.2) is 0 Å². The van der Waals surface area contributed by atoms with E-state index in [1.807, 2.05) is 49.5 Å². The van der Waals surface area contributed by atoms with Gasteiger partial charge in [0.1, 0.15) is 18.1 Å². The van der Waals surface area contributed by atoms with Gasteiger partial charge in [-0.15, -0.1) is 0 Å². The third-order valence-corrected chi connectivity index (χ3v) is 12.2. The first-order valence-corrected chi connectivity index (χ1v) is 22.6. The summed E-state index contributed by atoms with van der Waals surface area (Å²) < 4.78 is 23.2. The maximum absolute atomic E-state index is 12.6. The average Bonchev–Trinajstić information content (AvgIpc) is 3.21. The van der Waals surface area contributed by atoms with Crippen molar-refractivity contribution >= 4 is 11.9 Å². The smallest absolute Gasteiger partial charge is 0.311 e. The van der Waals surface area contributed by atoms with Crippen LogP contribution in [-0.4, -0.2) is 166 Å². The largest absolute Gasteiger partial charge is 0.481 e. The highest BCUT2D eigenvalue weighted by Crippen LogP contribution is 2.38. The fourth-order valence-electron chi connectivity index (χ4n) is 8.11. The Morgan fingerprint density at radius 1 is 0.692 bits per heavy atom. The van der Waals surface area contributed by atoms with Crippen LogP contribution in [0.1, 0.15) is 91.9 Å². The number of nitrogens with two attached hydrogens (primary N) is 1. The normalized spacial score (nSPS) is 45.2. The van der Waals surface area contributed by atoms with Gasteiger partial charge in [0.15, 0.2) is 12.1 Å². The highest BCUT2D eigenvalue weighted by atomic mass is 16.7. The Balaban J connectivity index is 1.84. The molecule has 65 heavy (non-hydrogen) atoms. The first-order valence-electron chi connectivity index (χ1n) is 22.6. The van der Waals surface area contributed by atoms with E-state index in [-0.39, 0.29) is 38.0 Å². The minimum absolute atomic E-state index is 0.138. The molecule has 370 valence electrons. The SMILES string of the molecule is C[C@H]1[C@H](O)[C@@H](C)/C=C/C=C/CC/C=C/C=C/C=C/C=C/[C@H](O[C@H]2O[C@H](C)[C@H](O)[C@H](N)[C@@H]2O)C[C@@H]2O[C@](O)(C[C@@H](O)[C@H](O)CC[C@@H](O)C[C@@H](O)C[C@@H](O)CC(=O)O[C@H]1C)C[C@H](O)[C@H]2C(=O)O. The molecule has 0 unspecified atom stereocenters. The monoisotopic (exact) mass is 926 g/mol. The van der Waals surface area contributed by atoms with E-state index < -0.39 is 141 Å². The Hall–Kier alpha value is -3.18. The van der Waals surface area contributed by atoms with Crippen molar-refractivity contribution in [1.29, 1.82) is 0 Å². The second-order valence-corrected chi connectivity index (χ2v) is 17.8. The highest BCUT2D eigenvalue weighted by molar-refractivity contribution is 5.71. The zero-order chi connectivity index (χ0) is 48.4.